The van der Waals surface area contributed by atoms with Gasteiger partial charge in [0.1, 0.15) is 23.1 Å². The van der Waals surface area contributed by atoms with Crippen molar-refractivity contribution in [3.8, 4) is 17.4 Å². The van der Waals surface area contributed by atoms with E-state index in [0.29, 0.717) is 55.9 Å². The van der Waals surface area contributed by atoms with Gasteiger partial charge in [-0.3, -0.25) is 14.3 Å². The minimum absolute atomic E-state index is 0. The van der Waals surface area contributed by atoms with E-state index in [4.69, 9.17) is 24.2 Å². The first-order valence-electron chi connectivity index (χ1n) is 14.9. The number of nitrogens with two attached hydrogens (primary N) is 1. The van der Waals surface area contributed by atoms with Gasteiger partial charge in [0.05, 0.1) is 43.1 Å². The molecule has 0 bridgehead atoms. The lowest BCUT2D eigenvalue weighted by Crippen LogP contribution is -2.30. The summed E-state index contributed by atoms with van der Waals surface area (Å²) in [5, 5.41) is 20.4. The molecule has 0 unspecified atom stereocenters. The van der Waals surface area contributed by atoms with E-state index in [1.165, 1.54) is 33.7 Å². The Hall–Kier alpha value is -4.56. The van der Waals surface area contributed by atoms with Crippen LogP contribution in [0.25, 0.3) is 10.9 Å². The molecule has 1 aromatic heterocycles. The van der Waals surface area contributed by atoms with Crippen molar-refractivity contribution in [2.45, 2.75) is 33.7 Å². The number of amides is 1. The molecule has 0 saturated carbocycles. The summed E-state index contributed by atoms with van der Waals surface area (Å²) in [6, 6.07) is 15.6. The first kappa shape index (κ1) is 43.8. The van der Waals surface area contributed by atoms with Crippen LogP contribution in [-0.2, 0) is 40.6 Å². The minimum atomic E-state index is -0.631. The lowest BCUT2D eigenvalue weighted by molar-refractivity contribution is -0.114. The second-order valence-electron chi connectivity index (χ2n) is 11.2. The number of hydrogen-bond acceptors (Lipinski definition) is 11. The second-order valence-corrected chi connectivity index (χ2v) is 13.1. The predicted octanol–water partition coefficient (Wildman–Crippen LogP) is 8.29. The summed E-state index contributed by atoms with van der Waals surface area (Å²) in [5.74, 6) is 2.21. The van der Waals surface area contributed by atoms with E-state index < -0.39 is 23.3 Å². The van der Waals surface area contributed by atoms with Crippen molar-refractivity contribution in [1.82, 2.24) is 4.57 Å². The molecule has 0 atom stereocenters. The number of ether oxygens (including phenoxy) is 4. The highest BCUT2D eigenvalue weighted by Gasteiger charge is 2.36. The number of ketones is 1. The van der Waals surface area contributed by atoms with Gasteiger partial charge in [0.2, 0.25) is 5.88 Å². The number of hydrogen-bond donors (Lipinski definition) is 3. The van der Waals surface area contributed by atoms with E-state index in [1.807, 2.05) is 0 Å². The Labute approximate surface area is 328 Å². The molecule has 4 N–H and O–H groups in total. The number of fused-ring (bicyclic) bond motifs is 4. The largest absolute Gasteiger partial charge is 0.493 e. The highest BCUT2D eigenvalue weighted by molar-refractivity contribution is 9.10. The molecule has 0 fully saturated rings. The molecule has 1 amide bonds. The number of aromatic nitrogens is 1. The average Bonchev–Trinajstić information content (AvgIpc) is 3.52. The van der Waals surface area contributed by atoms with Crippen molar-refractivity contribution in [2.75, 3.05) is 18.5 Å². The molecule has 54 heavy (non-hydrogen) atoms. The van der Waals surface area contributed by atoms with Gasteiger partial charge in [-0.1, -0.05) is 39.3 Å². The summed E-state index contributed by atoms with van der Waals surface area (Å²) in [6.07, 6.45) is 0. The molecule has 0 radical (unpaired) electrons. The van der Waals surface area contributed by atoms with Crippen LogP contribution in [0.2, 0.25) is 0 Å². The normalized spacial score (nSPS) is 13.5. The van der Waals surface area contributed by atoms with E-state index in [0.717, 1.165) is 8.95 Å². The van der Waals surface area contributed by atoms with Crippen LogP contribution < -0.4 is 20.3 Å². The quantitative estimate of drug-likeness (QED) is 0.0885. The van der Waals surface area contributed by atoms with Gasteiger partial charge in [-0.15, -0.1) is 17.3 Å². The zero-order valence-electron chi connectivity index (χ0n) is 27.0. The molecular formula is C35H32Br2ClF3N4O9. The fourth-order valence-corrected chi connectivity index (χ4v) is 6.75. The minimum Gasteiger partial charge on any atom is -0.493 e. The van der Waals surface area contributed by atoms with Crippen LogP contribution >= 0.6 is 44.3 Å². The number of carbonyl (C=O) groups excluding carboxylic acids is 2. The van der Waals surface area contributed by atoms with Gasteiger partial charge in [-0.25, -0.2) is 14.7 Å². The number of Topliss-reactive ketones (excluding diaryl/α,β-unsaturated/α-hetero) is 1. The maximum absolute atomic E-state index is 13.9. The summed E-state index contributed by atoms with van der Waals surface area (Å²) in [7, 11) is 0. The van der Waals surface area contributed by atoms with Gasteiger partial charge in [0.15, 0.2) is 19.3 Å². The summed E-state index contributed by atoms with van der Waals surface area (Å²) >= 11 is 6.71. The Morgan fingerprint density at radius 1 is 0.815 bits per heavy atom. The zero-order valence-corrected chi connectivity index (χ0v) is 31.0. The molecule has 288 valence electrons. The third-order valence-corrected chi connectivity index (χ3v) is 9.15. The summed E-state index contributed by atoms with van der Waals surface area (Å²) in [5.41, 5.74) is 3.65. The molecule has 13 nitrogen and oxygen atoms in total. The van der Waals surface area contributed by atoms with Crippen LogP contribution in [-0.4, -0.2) is 40.2 Å². The third kappa shape index (κ3) is 8.54. The SMILES string of the molecule is C.Cl.F.NO.O=C1C(=O)N(Cc2cc(F)cc3c2OCOC3)c2cc(Br)ccc21.O=Nc1c(O)n(Cc2cc(F)cc3c2OCOC3)c2cc(Br)ccc12. The fraction of sp³-hybridized carbons (Fsp3) is 0.200. The van der Waals surface area contributed by atoms with Crippen LogP contribution in [0.15, 0.2) is 74.8 Å². The molecule has 4 aromatic carbocycles. The molecule has 0 aliphatic carbocycles. The number of aromatic hydroxyl groups is 1. The first-order chi connectivity index (χ1) is 24.6. The molecule has 0 spiro atoms. The van der Waals surface area contributed by atoms with Crippen LogP contribution in [0.3, 0.4) is 0 Å². The molecule has 8 rings (SSSR count). The lowest BCUT2D eigenvalue weighted by atomic mass is 10.1. The number of nitroso groups, excluding NO2 is 1. The van der Waals surface area contributed by atoms with Gasteiger partial charge in [-0.05, 0) is 65.8 Å². The predicted molar refractivity (Wildman–Crippen MR) is 201 cm³/mol. The van der Waals surface area contributed by atoms with Gasteiger partial charge in [0.25, 0.3) is 11.7 Å². The topological polar surface area (TPSA) is 175 Å². The van der Waals surface area contributed by atoms with Crippen molar-refractivity contribution in [2.24, 2.45) is 11.1 Å². The van der Waals surface area contributed by atoms with Gasteiger partial charge in [-0.2, -0.15) is 0 Å². The van der Waals surface area contributed by atoms with Gasteiger partial charge >= 0.3 is 0 Å². The summed E-state index contributed by atoms with van der Waals surface area (Å²) in [4.78, 5) is 37.0. The lowest BCUT2D eigenvalue weighted by Gasteiger charge is -2.23. The van der Waals surface area contributed by atoms with Crippen LogP contribution in [0.4, 0.5) is 24.9 Å². The van der Waals surface area contributed by atoms with Gasteiger partial charge < -0.3 is 38.7 Å². The summed E-state index contributed by atoms with van der Waals surface area (Å²) < 4.78 is 52.2. The second kappa shape index (κ2) is 18.7. The van der Waals surface area contributed by atoms with Crippen LogP contribution in [0.1, 0.15) is 40.0 Å². The molecule has 3 aliphatic rings. The van der Waals surface area contributed by atoms with E-state index in [2.05, 4.69) is 42.9 Å². The molecule has 3 aliphatic heterocycles. The number of carbonyl (C=O) groups is 2. The molecule has 0 saturated heterocycles. The maximum atomic E-state index is 13.9. The van der Waals surface area contributed by atoms with Crippen molar-refractivity contribution in [3.63, 3.8) is 0 Å². The molecule has 5 aromatic rings. The molecular weight excluding hydrogens is 873 g/mol. The third-order valence-electron chi connectivity index (χ3n) is 8.16. The van der Waals surface area contributed by atoms with Crippen molar-refractivity contribution < 1.29 is 52.3 Å². The van der Waals surface area contributed by atoms with E-state index in [9.17, 15) is 28.4 Å². The van der Waals surface area contributed by atoms with Crippen molar-refractivity contribution >= 4 is 78.2 Å². The Morgan fingerprint density at radius 2 is 1.35 bits per heavy atom. The number of anilines is 1. The van der Waals surface area contributed by atoms with Crippen molar-refractivity contribution in [3.05, 3.63) is 114 Å². The van der Waals surface area contributed by atoms with Crippen LogP contribution in [0.5, 0.6) is 17.4 Å². The smallest absolute Gasteiger partial charge is 0.299 e. The first-order valence-corrected chi connectivity index (χ1v) is 16.5. The zero-order chi connectivity index (χ0) is 36.4. The Bertz CT molecular complexity index is 2210. The van der Waals surface area contributed by atoms with E-state index in [-0.39, 0.29) is 76.0 Å². The van der Waals surface area contributed by atoms with Crippen LogP contribution in [0, 0.1) is 16.5 Å². The highest BCUT2D eigenvalue weighted by atomic mass is 79.9. The fourth-order valence-electron chi connectivity index (χ4n) is 6.05. The Kier molecular flexibility index (Phi) is 15.1. The van der Waals surface area contributed by atoms with Crippen molar-refractivity contribution in [1.29, 1.82) is 0 Å². The maximum Gasteiger partial charge on any atom is 0.299 e. The standard InChI is InChI=1S/C17H12BrFN2O4.C17H11BrFNO4.CH4.ClH.FH.H3NO/c18-11-1-2-13-14(5-11)21(17(22)15(13)20-23)6-9-3-12(19)4-10-7-24-8-25-16(9)10;18-11-1-2-13-14(5-11)20(17(22)15(13)21)6-9-3-12(19)4-10-7-23-8-24-16(9)10;;;;1-2/h1-5,22H,6-8H2;1-5H,6-8H2;1H4;2*1H;2H,1H2. The Morgan fingerprint density at radius 3 is 1.93 bits per heavy atom. The molecule has 19 heteroatoms. The van der Waals surface area contributed by atoms with E-state index >= 15 is 0 Å². The number of halogens is 6. The average molecular weight is 905 g/mol. The Balaban J connectivity index is 0.000000264. The van der Waals surface area contributed by atoms with Gasteiger partial charge in [0, 0.05) is 36.6 Å². The number of rotatable bonds is 5. The highest BCUT2D eigenvalue weighted by Crippen LogP contribution is 2.41. The molecule has 4 heterocycles. The summed E-state index contributed by atoms with van der Waals surface area (Å²) in [6.45, 7) is 0.820. The number of nitrogens with zero attached hydrogens (tertiary/aromatic N) is 3. The monoisotopic (exact) mass is 902 g/mol. The van der Waals surface area contributed by atoms with E-state index in [1.54, 1.807) is 36.4 Å². The number of benzene rings is 4.